The summed E-state index contributed by atoms with van der Waals surface area (Å²) in [7, 11) is 2.96. The zero-order chi connectivity index (χ0) is 13.0. The molecule has 0 N–H and O–H groups in total. The van der Waals surface area contributed by atoms with Crippen LogP contribution in [0.1, 0.15) is 16.1 Å². The van der Waals surface area contributed by atoms with Gasteiger partial charge >= 0.3 is 5.97 Å². The Morgan fingerprint density at radius 1 is 1.39 bits per heavy atom. The number of hydrogen-bond donors (Lipinski definition) is 0. The molecule has 2 aromatic rings. The maximum absolute atomic E-state index is 11.6. The minimum absolute atomic E-state index is 0.354. The van der Waals surface area contributed by atoms with Crippen molar-refractivity contribution in [3.63, 3.8) is 0 Å². The lowest BCUT2D eigenvalue weighted by Gasteiger charge is -2.10. The molecular formula is C13H14N2O3. The minimum Gasteiger partial charge on any atom is -0.495 e. The van der Waals surface area contributed by atoms with Crippen molar-refractivity contribution in [2.24, 2.45) is 0 Å². The zero-order valence-corrected chi connectivity index (χ0v) is 10.3. The molecule has 0 aliphatic carbocycles. The van der Waals surface area contributed by atoms with Gasteiger partial charge in [0.25, 0.3) is 0 Å². The van der Waals surface area contributed by atoms with Gasteiger partial charge in [0.2, 0.25) is 0 Å². The summed E-state index contributed by atoms with van der Waals surface area (Å²) < 4.78 is 11.8. The van der Waals surface area contributed by atoms with E-state index in [1.807, 2.05) is 16.8 Å². The number of esters is 1. The van der Waals surface area contributed by atoms with E-state index in [1.165, 1.54) is 7.11 Å². The molecule has 0 bridgehead atoms. The van der Waals surface area contributed by atoms with Crippen molar-refractivity contribution in [3.8, 4) is 5.75 Å². The maximum Gasteiger partial charge on any atom is 0.354 e. The molecule has 2 rings (SSSR count). The first kappa shape index (κ1) is 12.2. The first-order chi connectivity index (χ1) is 8.76. The number of rotatable bonds is 4. The van der Waals surface area contributed by atoms with E-state index in [2.05, 4.69) is 4.98 Å². The highest BCUT2D eigenvalue weighted by Crippen LogP contribution is 2.18. The van der Waals surface area contributed by atoms with E-state index < -0.39 is 0 Å². The van der Waals surface area contributed by atoms with Crippen LogP contribution in [0.4, 0.5) is 0 Å². The third-order valence-corrected chi connectivity index (χ3v) is 2.65. The van der Waals surface area contributed by atoms with Crippen molar-refractivity contribution in [1.82, 2.24) is 9.55 Å². The van der Waals surface area contributed by atoms with Gasteiger partial charge in [-0.25, -0.2) is 4.79 Å². The van der Waals surface area contributed by atoms with E-state index in [4.69, 9.17) is 9.47 Å². The largest absolute Gasteiger partial charge is 0.495 e. The molecule has 2 heterocycles. The van der Waals surface area contributed by atoms with Gasteiger partial charge in [-0.15, -0.1) is 0 Å². The average molecular weight is 246 g/mol. The third-order valence-electron chi connectivity index (χ3n) is 2.65. The summed E-state index contributed by atoms with van der Waals surface area (Å²) in [5.74, 6) is 0.343. The van der Waals surface area contributed by atoms with Crippen LogP contribution in [0.5, 0.6) is 5.75 Å². The molecule has 5 heteroatoms. The quantitative estimate of drug-likeness (QED) is 0.771. The Kier molecular flexibility index (Phi) is 3.62. The SMILES string of the molecule is COC(=O)c1cccn1Cc1ccncc1OC. The average Bonchev–Trinajstić information content (AvgIpc) is 2.86. The monoisotopic (exact) mass is 246 g/mol. The van der Waals surface area contributed by atoms with Crippen LogP contribution in [0.2, 0.25) is 0 Å². The summed E-state index contributed by atoms with van der Waals surface area (Å²) in [6.07, 6.45) is 5.17. The van der Waals surface area contributed by atoms with Gasteiger partial charge in [0.15, 0.2) is 0 Å². The smallest absolute Gasteiger partial charge is 0.354 e. The van der Waals surface area contributed by atoms with Crippen LogP contribution >= 0.6 is 0 Å². The van der Waals surface area contributed by atoms with E-state index in [9.17, 15) is 4.79 Å². The summed E-state index contributed by atoms with van der Waals surface area (Å²) in [4.78, 5) is 15.5. The standard InChI is InChI=1S/C13H14N2O3/c1-17-12-8-14-6-5-10(12)9-15-7-3-4-11(15)13(16)18-2/h3-8H,9H2,1-2H3. The molecule has 2 aromatic heterocycles. The second-order valence-electron chi connectivity index (χ2n) is 3.70. The van der Waals surface area contributed by atoms with Crippen molar-refractivity contribution in [2.75, 3.05) is 14.2 Å². The normalized spacial score (nSPS) is 10.1. The second kappa shape index (κ2) is 5.35. The van der Waals surface area contributed by atoms with E-state index in [0.29, 0.717) is 18.0 Å². The molecule has 0 aliphatic rings. The fourth-order valence-electron chi connectivity index (χ4n) is 1.75. The van der Waals surface area contributed by atoms with Gasteiger partial charge in [0.05, 0.1) is 27.0 Å². The predicted molar refractivity (Wildman–Crippen MR) is 65.7 cm³/mol. The molecule has 0 atom stereocenters. The van der Waals surface area contributed by atoms with Crippen LogP contribution < -0.4 is 4.74 Å². The van der Waals surface area contributed by atoms with Gasteiger partial charge < -0.3 is 14.0 Å². The van der Waals surface area contributed by atoms with Crippen LogP contribution in [-0.4, -0.2) is 29.7 Å². The Hall–Kier alpha value is -2.30. The molecule has 0 radical (unpaired) electrons. The molecule has 0 spiro atoms. The third kappa shape index (κ3) is 2.34. The minimum atomic E-state index is -0.354. The lowest BCUT2D eigenvalue weighted by Crippen LogP contribution is -2.11. The maximum atomic E-state index is 11.6. The van der Waals surface area contributed by atoms with Crippen LogP contribution in [-0.2, 0) is 11.3 Å². The zero-order valence-electron chi connectivity index (χ0n) is 10.3. The van der Waals surface area contributed by atoms with Crippen molar-refractivity contribution >= 4 is 5.97 Å². The van der Waals surface area contributed by atoms with Gasteiger partial charge in [0.1, 0.15) is 11.4 Å². The molecule has 0 saturated heterocycles. The molecule has 5 nitrogen and oxygen atoms in total. The highest BCUT2D eigenvalue weighted by atomic mass is 16.5. The Bertz CT molecular complexity index is 549. The fourth-order valence-corrected chi connectivity index (χ4v) is 1.75. The first-order valence-electron chi connectivity index (χ1n) is 5.46. The number of aromatic nitrogens is 2. The van der Waals surface area contributed by atoms with Crippen LogP contribution in [0, 0.1) is 0 Å². The van der Waals surface area contributed by atoms with Crippen molar-refractivity contribution < 1.29 is 14.3 Å². The molecule has 94 valence electrons. The Balaban J connectivity index is 2.29. The molecule has 0 unspecified atom stereocenters. The molecule has 0 saturated carbocycles. The van der Waals surface area contributed by atoms with E-state index in [0.717, 1.165) is 5.56 Å². The summed E-state index contributed by atoms with van der Waals surface area (Å²) in [5.41, 5.74) is 1.46. The van der Waals surface area contributed by atoms with Crippen molar-refractivity contribution in [1.29, 1.82) is 0 Å². The molecule has 0 aliphatic heterocycles. The second-order valence-corrected chi connectivity index (χ2v) is 3.70. The summed E-state index contributed by atoms with van der Waals surface area (Å²) >= 11 is 0. The molecule has 0 aromatic carbocycles. The summed E-state index contributed by atoms with van der Waals surface area (Å²) in [5, 5.41) is 0. The Morgan fingerprint density at radius 3 is 2.94 bits per heavy atom. The van der Waals surface area contributed by atoms with E-state index in [-0.39, 0.29) is 5.97 Å². The van der Waals surface area contributed by atoms with Gasteiger partial charge in [-0.1, -0.05) is 0 Å². The number of carbonyl (C=O) groups is 1. The molecule has 0 amide bonds. The van der Waals surface area contributed by atoms with Crippen molar-refractivity contribution in [3.05, 3.63) is 48.0 Å². The van der Waals surface area contributed by atoms with Gasteiger partial charge in [-0.05, 0) is 18.2 Å². The lowest BCUT2D eigenvalue weighted by atomic mass is 10.2. The molecular weight excluding hydrogens is 232 g/mol. The number of ether oxygens (including phenoxy) is 2. The number of pyridine rings is 1. The fraction of sp³-hybridized carbons (Fsp3) is 0.231. The van der Waals surface area contributed by atoms with Crippen LogP contribution in [0.25, 0.3) is 0 Å². The number of nitrogens with zero attached hydrogens (tertiary/aromatic N) is 2. The number of methoxy groups -OCH3 is 2. The molecule has 18 heavy (non-hydrogen) atoms. The Labute approximate surface area is 105 Å². The Morgan fingerprint density at radius 2 is 2.22 bits per heavy atom. The topological polar surface area (TPSA) is 53.4 Å². The van der Waals surface area contributed by atoms with Crippen LogP contribution in [0.15, 0.2) is 36.8 Å². The summed E-state index contributed by atoms with van der Waals surface area (Å²) in [6, 6.07) is 5.39. The first-order valence-corrected chi connectivity index (χ1v) is 5.46. The van der Waals surface area contributed by atoms with Crippen LogP contribution in [0.3, 0.4) is 0 Å². The number of hydrogen-bond acceptors (Lipinski definition) is 4. The van der Waals surface area contributed by atoms with E-state index >= 15 is 0 Å². The lowest BCUT2D eigenvalue weighted by molar-refractivity contribution is 0.0589. The van der Waals surface area contributed by atoms with E-state index in [1.54, 1.807) is 31.6 Å². The summed E-state index contributed by atoms with van der Waals surface area (Å²) in [6.45, 7) is 0.531. The van der Waals surface area contributed by atoms with Crippen molar-refractivity contribution in [2.45, 2.75) is 6.54 Å². The van der Waals surface area contributed by atoms with Gasteiger partial charge in [-0.2, -0.15) is 0 Å². The highest BCUT2D eigenvalue weighted by Gasteiger charge is 2.12. The number of carbonyl (C=O) groups excluding carboxylic acids is 1. The highest BCUT2D eigenvalue weighted by molar-refractivity contribution is 5.87. The predicted octanol–water partition coefficient (Wildman–Crippen LogP) is 1.73. The van der Waals surface area contributed by atoms with Gasteiger partial charge in [-0.3, -0.25) is 4.98 Å². The van der Waals surface area contributed by atoms with Gasteiger partial charge in [0, 0.05) is 18.0 Å². The molecule has 0 fully saturated rings.